The standard InChI is InChI=1S/C20H18F4N5O4S/c1-32-16-7-12(29-34(2)31)6-14-18(16)19(27-10-26-14)28-13-4-3-11(21)5-15(13)33-8-17(30)25-9-20(22,23)24/h3-7,10H,8-9H2,1-2H3,(H,25,30)(H,26,27,28)/q-1. The Hall–Kier alpha value is -3.68. The van der Waals surface area contributed by atoms with Gasteiger partial charge in [-0.3, -0.25) is 4.79 Å². The second-order valence-electron chi connectivity index (χ2n) is 6.73. The number of methoxy groups -OCH3 is 1. The van der Waals surface area contributed by atoms with Gasteiger partial charge in [-0.2, -0.15) is 23.8 Å². The number of rotatable bonds is 8. The molecule has 1 amide bonds. The number of benzene rings is 2. The molecule has 0 atom stereocenters. The zero-order valence-corrected chi connectivity index (χ0v) is 18.6. The molecule has 0 bridgehead atoms. The molecule has 34 heavy (non-hydrogen) atoms. The zero-order valence-electron chi connectivity index (χ0n) is 17.8. The largest absolute Gasteiger partial charge is 0.496 e. The van der Waals surface area contributed by atoms with Crippen LogP contribution in [0.2, 0.25) is 0 Å². The maximum absolute atomic E-state index is 13.8. The smallest absolute Gasteiger partial charge is 0.405 e. The summed E-state index contributed by atoms with van der Waals surface area (Å²) in [6.45, 7) is -2.29. The minimum Gasteiger partial charge on any atom is -0.496 e. The Morgan fingerprint density at radius 2 is 1.94 bits per heavy atom. The lowest BCUT2D eigenvalue weighted by molar-refractivity contribution is -0.139. The number of carbonyl (C=O) groups excluding carboxylic acids is 1. The molecule has 1 heterocycles. The third-order valence-electron chi connectivity index (χ3n) is 4.18. The van der Waals surface area contributed by atoms with E-state index in [1.165, 1.54) is 31.8 Å². The van der Waals surface area contributed by atoms with Crippen LogP contribution in [0.15, 0.2) is 41.0 Å². The number of ether oxygens (including phenoxy) is 2. The number of alkyl halides is 3. The first kappa shape index (κ1) is 25.0. The van der Waals surface area contributed by atoms with Gasteiger partial charge in [-0.25, -0.2) is 14.4 Å². The molecule has 0 fully saturated rings. The molecule has 9 nitrogen and oxygen atoms in total. The van der Waals surface area contributed by atoms with Crippen molar-refractivity contribution >= 4 is 44.6 Å². The van der Waals surface area contributed by atoms with Crippen LogP contribution in [0.25, 0.3) is 10.9 Å². The summed E-state index contributed by atoms with van der Waals surface area (Å²) in [6.07, 6.45) is -1.93. The molecule has 0 aliphatic heterocycles. The first-order valence-corrected chi connectivity index (χ1v) is 11.0. The molecule has 14 heteroatoms. The summed E-state index contributed by atoms with van der Waals surface area (Å²) in [5.41, 5.74) is 0.943. The van der Waals surface area contributed by atoms with Crippen LogP contribution in [0, 0.1) is 5.82 Å². The molecule has 1 aromatic heterocycles. The molecule has 0 aliphatic carbocycles. The van der Waals surface area contributed by atoms with Crippen molar-refractivity contribution in [3.63, 3.8) is 0 Å². The lowest BCUT2D eigenvalue weighted by atomic mass is 10.2. The number of fused-ring (bicyclic) bond motifs is 1. The number of anilines is 2. The van der Waals surface area contributed by atoms with Crippen molar-refractivity contribution in [2.75, 3.05) is 31.8 Å². The first-order chi connectivity index (χ1) is 16.1. The maximum atomic E-state index is 13.8. The van der Waals surface area contributed by atoms with Gasteiger partial charge in [0.15, 0.2) is 6.61 Å². The van der Waals surface area contributed by atoms with Gasteiger partial charge in [0.1, 0.15) is 36.0 Å². The van der Waals surface area contributed by atoms with E-state index in [0.29, 0.717) is 22.3 Å². The van der Waals surface area contributed by atoms with Crippen LogP contribution < -0.4 is 20.1 Å². The molecule has 182 valence electrons. The van der Waals surface area contributed by atoms with Crippen molar-refractivity contribution in [1.82, 2.24) is 15.3 Å². The molecule has 3 aromatic rings. The lowest BCUT2D eigenvalue weighted by Gasteiger charge is -2.16. The Morgan fingerprint density at radius 1 is 1.18 bits per heavy atom. The number of hydrogen-bond acceptors (Lipinski definition) is 9. The van der Waals surface area contributed by atoms with E-state index in [0.717, 1.165) is 12.1 Å². The predicted molar refractivity (Wildman–Crippen MR) is 116 cm³/mol. The average Bonchev–Trinajstić information content (AvgIpc) is 2.76. The summed E-state index contributed by atoms with van der Waals surface area (Å²) in [4.78, 5) is 20.0. The number of amides is 1. The zero-order chi connectivity index (χ0) is 24.9. The Morgan fingerprint density at radius 3 is 2.62 bits per heavy atom. The highest BCUT2D eigenvalue weighted by Gasteiger charge is 2.27. The summed E-state index contributed by atoms with van der Waals surface area (Å²) < 4.78 is 76.6. The van der Waals surface area contributed by atoms with Crippen molar-refractivity contribution in [3.8, 4) is 11.5 Å². The molecule has 2 aromatic carbocycles. The van der Waals surface area contributed by atoms with E-state index in [1.54, 1.807) is 11.4 Å². The van der Waals surface area contributed by atoms with Crippen LogP contribution in [-0.4, -0.2) is 48.6 Å². The highest BCUT2D eigenvalue weighted by molar-refractivity contribution is 7.74. The van der Waals surface area contributed by atoms with Crippen molar-refractivity contribution in [2.24, 2.45) is 4.36 Å². The van der Waals surface area contributed by atoms with Crippen LogP contribution in [0.4, 0.5) is 34.8 Å². The van der Waals surface area contributed by atoms with Crippen molar-refractivity contribution in [2.45, 2.75) is 6.18 Å². The van der Waals surface area contributed by atoms with Gasteiger partial charge in [0.05, 0.1) is 23.7 Å². The summed E-state index contributed by atoms with van der Waals surface area (Å²) in [5.74, 6) is -1.34. The van der Waals surface area contributed by atoms with Gasteiger partial charge in [0.25, 0.3) is 5.91 Å². The second kappa shape index (κ2) is 10.5. The van der Waals surface area contributed by atoms with Gasteiger partial charge in [-0.15, -0.1) is 6.26 Å². The normalized spacial score (nSPS) is 12.4. The third kappa shape index (κ3) is 6.66. The number of hydrogen-bond donors (Lipinski definition) is 2. The number of nitrogens with one attached hydrogen (secondary N) is 2. The molecule has 0 saturated heterocycles. The van der Waals surface area contributed by atoms with Crippen molar-refractivity contribution < 1.29 is 36.0 Å². The minimum absolute atomic E-state index is 0.138. The fraction of sp³-hybridized carbons (Fsp3) is 0.250. The average molecular weight is 500 g/mol. The van der Waals surface area contributed by atoms with E-state index < -0.39 is 41.6 Å². The van der Waals surface area contributed by atoms with Gasteiger partial charge in [0.2, 0.25) is 0 Å². The Labute approximate surface area is 192 Å². The Kier molecular flexibility index (Phi) is 7.71. The van der Waals surface area contributed by atoms with Gasteiger partial charge in [-0.05, 0) is 18.2 Å². The lowest BCUT2D eigenvalue weighted by Crippen LogP contribution is -2.36. The van der Waals surface area contributed by atoms with Crippen molar-refractivity contribution in [3.05, 3.63) is 42.5 Å². The van der Waals surface area contributed by atoms with Crippen LogP contribution in [0.5, 0.6) is 11.5 Å². The molecule has 2 N–H and O–H groups in total. The van der Waals surface area contributed by atoms with E-state index >= 15 is 0 Å². The van der Waals surface area contributed by atoms with Crippen LogP contribution in [0.3, 0.4) is 0 Å². The molecule has 3 rings (SSSR count). The highest BCUT2D eigenvalue weighted by atomic mass is 32.2. The quantitative estimate of drug-likeness (QED) is 0.355. The monoisotopic (exact) mass is 500 g/mol. The maximum Gasteiger partial charge on any atom is 0.405 e. The summed E-state index contributed by atoms with van der Waals surface area (Å²) in [7, 11) is -0.0547. The highest BCUT2D eigenvalue weighted by Crippen LogP contribution is 2.37. The number of carbonyl (C=O) groups is 1. The molecule has 0 unspecified atom stereocenters. The van der Waals surface area contributed by atoms with Gasteiger partial charge >= 0.3 is 6.18 Å². The Balaban J connectivity index is 1.91. The van der Waals surface area contributed by atoms with E-state index in [2.05, 4.69) is 19.6 Å². The molecule has 0 saturated carbocycles. The topological polar surface area (TPSA) is 115 Å². The van der Waals surface area contributed by atoms with Crippen LogP contribution in [-0.2, 0) is 19.6 Å². The first-order valence-electron chi connectivity index (χ1n) is 9.46. The van der Waals surface area contributed by atoms with Crippen LogP contribution in [0.1, 0.15) is 0 Å². The fourth-order valence-electron chi connectivity index (χ4n) is 2.84. The molecule has 0 radical (unpaired) electrons. The third-order valence-corrected chi connectivity index (χ3v) is 4.65. The summed E-state index contributed by atoms with van der Waals surface area (Å²) in [5, 5.41) is 5.02. The molecule has 0 aliphatic rings. The predicted octanol–water partition coefficient (Wildman–Crippen LogP) is 3.99. The summed E-state index contributed by atoms with van der Waals surface area (Å²) in [6, 6.07) is 6.49. The number of halogens is 4. The summed E-state index contributed by atoms with van der Waals surface area (Å²) >= 11 is 0. The minimum atomic E-state index is -4.58. The van der Waals surface area contributed by atoms with Gasteiger partial charge in [-0.1, -0.05) is 0 Å². The second-order valence-corrected chi connectivity index (χ2v) is 7.76. The fourth-order valence-corrected chi connectivity index (χ4v) is 3.24. The molecule has 0 spiro atoms. The van der Waals surface area contributed by atoms with Gasteiger partial charge in [0, 0.05) is 17.8 Å². The van der Waals surface area contributed by atoms with Gasteiger partial charge < -0.3 is 28.7 Å². The van der Waals surface area contributed by atoms with Crippen LogP contribution >= 0.6 is 0 Å². The van der Waals surface area contributed by atoms with E-state index in [9.17, 15) is 26.6 Å². The van der Waals surface area contributed by atoms with Crippen molar-refractivity contribution in [1.29, 1.82) is 0 Å². The Bertz CT molecular complexity index is 1300. The number of nitrogens with zero attached hydrogens (tertiary/aromatic N) is 3. The SMILES string of the molecule is COc1cc(N=[S-](C)=O)cc2ncnc(Nc3ccc(F)cc3OCC(=O)NCC(F)(F)F)c12. The van der Waals surface area contributed by atoms with E-state index in [1.807, 2.05) is 0 Å². The van der Waals surface area contributed by atoms with E-state index in [4.69, 9.17) is 9.47 Å². The number of aromatic nitrogens is 2. The van der Waals surface area contributed by atoms with E-state index in [-0.39, 0.29) is 17.3 Å². The molecular weight excluding hydrogens is 482 g/mol. The molecular formula is C20H18F4N5O4S-.